The van der Waals surface area contributed by atoms with Gasteiger partial charge in [0.05, 0.1) is 17.0 Å². The van der Waals surface area contributed by atoms with Crippen LogP contribution in [0, 0.1) is 6.92 Å². The monoisotopic (exact) mass is 422 g/mol. The molecule has 0 aliphatic rings. The summed E-state index contributed by atoms with van der Waals surface area (Å²) in [6, 6.07) is 24.6. The van der Waals surface area contributed by atoms with Gasteiger partial charge >= 0.3 is 0 Å². The summed E-state index contributed by atoms with van der Waals surface area (Å²) in [6.45, 7) is 3.80. The number of benzene rings is 3. The molecule has 0 spiro atoms. The van der Waals surface area contributed by atoms with Crippen LogP contribution < -0.4 is 10.0 Å². The van der Waals surface area contributed by atoms with Crippen molar-refractivity contribution < 1.29 is 13.2 Å². The summed E-state index contributed by atoms with van der Waals surface area (Å²) in [6.07, 6.45) is -0.00766. The fourth-order valence-corrected chi connectivity index (χ4v) is 4.42. The molecule has 0 unspecified atom stereocenters. The van der Waals surface area contributed by atoms with Crippen molar-refractivity contribution in [3.8, 4) is 0 Å². The van der Waals surface area contributed by atoms with Crippen LogP contribution in [0.25, 0.3) is 0 Å². The minimum absolute atomic E-state index is 0.00766. The maximum Gasteiger partial charge on any atom is 0.241 e. The molecule has 156 valence electrons. The van der Waals surface area contributed by atoms with E-state index in [9.17, 15) is 13.2 Å². The van der Waals surface area contributed by atoms with Crippen LogP contribution in [0.5, 0.6) is 0 Å². The summed E-state index contributed by atoms with van der Waals surface area (Å²) >= 11 is 0. The van der Waals surface area contributed by atoms with Gasteiger partial charge in [-0.25, -0.2) is 13.1 Å². The number of nitrogens with one attached hydrogen (secondary N) is 2. The lowest BCUT2D eigenvalue weighted by Crippen LogP contribution is -2.34. The summed E-state index contributed by atoms with van der Waals surface area (Å²) in [5, 5.41) is 2.96. The molecule has 1 amide bonds. The van der Waals surface area contributed by atoms with Gasteiger partial charge in [0.2, 0.25) is 15.9 Å². The van der Waals surface area contributed by atoms with Gasteiger partial charge in [0.15, 0.2) is 0 Å². The number of hydrogen-bond acceptors (Lipinski definition) is 3. The number of aryl methyl sites for hydroxylation is 1. The fourth-order valence-electron chi connectivity index (χ4n) is 3.20. The molecule has 0 aliphatic carbocycles. The highest BCUT2D eigenvalue weighted by Crippen LogP contribution is 2.21. The van der Waals surface area contributed by atoms with Crippen LogP contribution in [0.15, 0.2) is 89.8 Å². The van der Waals surface area contributed by atoms with Gasteiger partial charge < -0.3 is 5.32 Å². The predicted octanol–water partition coefficient (Wildman–Crippen LogP) is 4.28. The highest BCUT2D eigenvalue weighted by molar-refractivity contribution is 7.89. The van der Waals surface area contributed by atoms with E-state index in [1.165, 1.54) is 0 Å². The molecule has 0 fully saturated rings. The number of amides is 1. The molecule has 5 nitrogen and oxygen atoms in total. The van der Waals surface area contributed by atoms with Gasteiger partial charge in [-0.1, -0.05) is 78.4 Å². The third kappa shape index (κ3) is 5.78. The Balaban J connectivity index is 1.78. The molecule has 0 heterocycles. The molecule has 3 aromatic carbocycles. The Morgan fingerprint density at radius 3 is 1.93 bits per heavy atom. The van der Waals surface area contributed by atoms with Crippen molar-refractivity contribution in [3.63, 3.8) is 0 Å². The van der Waals surface area contributed by atoms with Crippen molar-refractivity contribution in [1.29, 1.82) is 0 Å². The summed E-state index contributed by atoms with van der Waals surface area (Å²) in [5.74, 6) is -0.230. The average molecular weight is 423 g/mol. The summed E-state index contributed by atoms with van der Waals surface area (Å²) in [5.41, 5.74) is 2.70. The number of sulfonamides is 1. The van der Waals surface area contributed by atoms with Gasteiger partial charge in [0.25, 0.3) is 0 Å². The molecule has 0 saturated heterocycles. The number of rotatable bonds is 8. The van der Waals surface area contributed by atoms with Gasteiger partial charge in [0.1, 0.15) is 0 Å². The average Bonchev–Trinajstić information content (AvgIpc) is 2.74. The standard InChI is InChI=1S/C24H26N2O3S/c1-18-13-15-22(16-14-18)30(28,29)26-23(21-11-7-4-8-12-21)17-24(27)25-19(2)20-9-5-3-6-10-20/h3-16,19,23,26H,17H2,1-2H3,(H,25,27)/t19-,23+/m0/s1. The quantitative estimate of drug-likeness (QED) is 0.569. The molecule has 3 rings (SSSR count). The molecular formula is C24H26N2O3S. The van der Waals surface area contributed by atoms with Gasteiger partial charge in [0, 0.05) is 6.42 Å². The van der Waals surface area contributed by atoms with Crippen molar-refractivity contribution in [2.45, 2.75) is 37.2 Å². The first-order valence-corrected chi connectivity index (χ1v) is 11.3. The Labute approximate surface area is 178 Å². The largest absolute Gasteiger partial charge is 0.350 e. The van der Waals surface area contributed by atoms with Gasteiger partial charge in [-0.3, -0.25) is 4.79 Å². The topological polar surface area (TPSA) is 75.3 Å². The molecule has 0 radical (unpaired) electrons. The van der Waals surface area contributed by atoms with E-state index in [1.54, 1.807) is 24.3 Å². The van der Waals surface area contributed by atoms with Crippen molar-refractivity contribution in [2.75, 3.05) is 0 Å². The van der Waals surface area contributed by atoms with Crippen molar-refractivity contribution in [3.05, 3.63) is 102 Å². The molecule has 0 aromatic heterocycles. The van der Waals surface area contributed by atoms with Gasteiger partial charge in [-0.05, 0) is 37.1 Å². The van der Waals surface area contributed by atoms with Crippen molar-refractivity contribution in [2.24, 2.45) is 0 Å². The third-order valence-corrected chi connectivity index (χ3v) is 6.38. The Morgan fingerprint density at radius 2 is 1.37 bits per heavy atom. The first-order valence-electron chi connectivity index (χ1n) is 9.83. The minimum Gasteiger partial charge on any atom is -0.350 e. The van der Waals surface area contributed by atoms with E-state index < -0.39 is 16.1 Å². The van der Waals surface area contributed by atoms with Crippen LogP contribution in [0.3, 0.4) is 0 Å². The maximum absolute atomic E-state index is 12.9. The molecule has 30 heavy (non-hydrogen) atoms. The second-order valence-corrected chi connectivity index (χ2v) is 9.02. The second kappa shape index (κ2) is 9.69. The molecule has 3 aromatic rings. The Morgan fingerprint density at radius 1 is 0.833 bits per heavy atom. The highest BCUT2D eigenvalue weighted by Gasteiger charge is 2.24. The predicted molar refractivity (Wildman–Crippen MR) is 118 cm³/mol. The lowest BCUT2D eigenvalue weighted by Gasteiger charge is -2.21. The van der Waals surface area contributed by atoms with E-state index in [1.807, 2.05) is 74.5 Å². The molecule has 6 heteroatoms. The Kier molecular flexibility index (Phi) is 7.03. The van der Waals surface area contributed by atoms with E-state index in [0.29, 0.717) is 0 Å². The lowest BCUT2D eigenvalue weighted by molar-refractivity contribution is -0.122. The zero-order valence-corrected chi connectivity index (χ0v) is 17.9. The fraction of sp³-hybridized carbons (Fsp3) is 0.208. The summed E-state index contributed by atoms with van der Waals surface area (Å²) in [4.78, 5) is 12.9. The Bertz CT molecular complexity index is 1070. The van der Waals surface area contributed by atoms with E-state index >= 15 is 0 Å². The molecule has 2 atom stereocenters. The van der Waals surface area contributed by atoms with E-state index in [4.69, 9.17) is 0 Å². The molecule has 0 aliphatic heterocycles. The summed E-state index contributed by atoms with van der Waals surface area (Å²) in [7, 11) is -3.78. The molecule has 2 N–H and O–H groups in total. The van der Waals surface area contributed by atoms with E-state index in [0.717, 1.165) is 16.7 Å². The zero-order chi connectivity index (χ0) is 21.6. The van der Waals surface area contributed by atoms with Crippen LogP contribution in [0.2, 0.25) is 0 Å². The molecule has 0 bridgehead atoms. The van der Waals surface area contributed by atoms with E-state index in [-0.39, 0.29) is 23.3 Å². The van der Waals surface area contributed by atoms with Gasteiger partial charge in [-0.15, -0.1) is 0 Å². The number of hydrogen-bond donors (Lipinski definition) is 2. The van der Waals surface area contributed by atoms with Gasteiger partial charge in [-0.2, -0.15) is 0 Å². The summed E-state index contributed by atoms with van der Waals surface area (Å²) < 4.78 is 28.5. The second-order valence-electron chi connectivity index (χ2n) is 7.30. The first-order chi connectivity index (χ1) is 14.3. The van der Waals surface area contributed by atoms with Crippen molar-refractivity contribution in [1.82, 2.24) is 10.0 Å². The molecular weight excluding hydrogens is 396 g/mol. The first kappa shape index (κ1) is 21.7. The maximum atomic E-state index is 12.9. The Hall–Kier alpha value is -2.96. The third-order valence-electron chi connectivity index (χ3n) is 4.90. The van der Waals surface area contributed by atoms with Crippen LogP contribution >= 0.6 is 0 Å². The van der Waals surface area contributed by atoms with E-state index in [2.05, 4.69) is 10.0 Å². The SMILES string of the molecule is Cc1ccc(S(=O)(=O)N[C@H](CC(=O)N[C@@H](C)c2ccccc2)c2ccccc2)cc1. The minimum atomic E-state index is -3.78. The highest BCUT2D eigenvalue weighted by atomic mass is 32.2. The lowest BCUT2D eigenvalue weighted by atomic mass is 10.0. The van der Waals surface area contributed by atoms with Crippen LogP contribution in [0.1, 0.15) is 42.1 Å². The molecule has 0 saturated carbocycles. The zero-order valence-electron chi connectivity index (χ0n) is 17.1. The number of carbonyl (C=O) groups excluding carboxylic acids is 1. The van der Waals surface area contributed by atoms with Crippen LogP contribution in [-0.2, 0) is 14.8 Å². The van der Waals surface area contributed by atoms with Crippen LogP contribution in [0.4, 0.5) is 0 Å². The van der Waals surface area contributed by atoms with Crippen molar-refractivity contribution >= 4 is 15.9 Å². The smallest absolute Gasteiger partial charge is 0.241 e. The normalized spacial score (nSPS) is 13.4. The number of carbonyl (C=O) groups is 1. The van der Waals surface area contributed by atoms with Crippen LogP contribution in [-0.4, -0.2) is 14.3 Å².